The molecule has 2 aromatic rings. The predicted octanol–water partition coefficient (Wildman–Crippen LogP) is 2.04. The topological polar surface area (TPSA) is 74.7 Å². The normalized spacial score (nSPS) is 20.0. The summed E-state index contributed by atoms with van der Waals surface area (Å²) in [6.45, 7) is 2.06. The number of hydrogen-bond acceptors (Lipinski definition) is 4. The van der Waals surface area contributed by atoms with Crippen LogP contribution in [0.2, 0.25) is 0 Å². The van der Waals surface area contributed by atoms with Crippen molar-refractivity contribution in [3.63, 3.8) is 0 Å². The SMILES string of the molecule is CN1CCN(C(=O)Cn2cc(C(=O)NC3CCCC3)ccc2=O)C(c2ccccc2)C1. The molecule has 0 bridgehead atoms. The van der Waals surface area contributed by atoms with Crippen LogP contribution in [0, 0.1) is 0 Å². The van der Waals surface area contributed by atoms with Gasteiger partial charge in [-0.3, -0.25) is 14.4 Å². The van der Waals surface area contributed by atoms with Crippen LogP contribution in [-0.2, 0) is 11.3 Å². The minimum Gasteiger partial charge on any atom is -0.349 e. The lowest BCUT2D eigenvalue weighted by Gasteiger charge is -2.40. The van der Waals surface area contributed by atoms with E-state index in [9.17, 15) is 14.4 Å². The largest absolute Gasteiger partial charge is 0.349 e. The molecular formula is C24H30N4O3. The molecule has 31 heavy (non-hydrogen) atoms. The average molecular weight is 423 g/mol. The molecular weight excluding hydrogens is 392 g/mol. The molecule has 2 amide bonds. The third-order valence-corrected chi connectivity index (χ3v) is 6.33. The second-order valence-electron chi connectivity index (χ2n) is 8.61. The smallest absolute Gasteiger partial charge is 0.252 e. The van der Waals surface area contributed by atoms with E-state index in [0.29, 0.717) is 12.1 Å². The first-order chi connectivity index (χ1) is 15.0. The number of aromatic nitrogens is 1. The zero-order valence-corrected chi connectivity index (χ0v) is 18.0. The molecule has 0 radical (unpaired) electrons. The lowest BCUT2D eigenvalue weighted by atomic mass is 10.0. The van der Waals surface area contributed by atoms with E-state index >= 15 is 0 Å². The Morgan fingerprint density at radius 2 is 1.77 bits per heavy atom. The maximum absolute atomic E-state index is 13.2. The Balaban J connectivity index is 1.50. The van der Waals surface area contributed by atoms with Gasteiger partial charge in [0.2, 0.25) is 5.91 Å². The Kier molecular flexibility index (Phi) is 6.51. The molecule has 1 aliphatic heterocycles. The zero-order valence-electron chi connectivity index (χ0n) is 18.0. The molecule has 4 rings (SSSR count). The van der Waals surface area contributed by atoms with Gasteiger partial charge < -0.3 is 19.7 Å². The number of hydrogen-bond donors (Lipinski definition) is 1. The molecule has 1 unspecified atom stereocenters. The summed E-state index contributed by atoms with van der Waals surface area (Å²) in [6, 6.07) is 13.0. The molecule has 1 saturated heterocycles. The van der Waals surface area contributed by atoms with E-state index in [-0.39, 0.29) is 36.0 Å². The molecule has 1 N–H and O–H groups in total. The van der Waals surface area contributed by atoms with Crippen LogP contribution >= 0.6 is 0 Å². The highest BCUT2D eigenvalue weighted by molar-refractivity contribution is 5.94. The van der Waals surface area contributed by atoms with Crippen molar-refractivity contribution >= 4 is 11.8 Å². The third kappa shape index (κ3) is 5.05. The highest BCUT2D eigenvalue weighted by Crippen LogP contribution is 2.25. The standard InChI is InChI=1S/C24H30N4O3/c1-26-13-14-28(21(16-26)18-7-3-2-4-8-18)23(30)17-27-15-19(11-12-22(27)29)24(31)25-20-9-5-6-10-20/h2-4,7-8,11-12,15,20-21H,5-6,9-10,13-14,16-17H2,1H3,(H,25,31). The van der Waals surface area contributed by atoms with Crippen molar-refractivity contribution in [1.29, 1.82) is 0 Å². The monoisotopic (exact) mass is 422 g/mol. The molecule has 164 valence electrons. The number of nitrogens with one attached hydrogen (secondary N) is 1. The minimum absolute atomic E-state index is 0.0583. The van der Waals surface area contributed by atoms with E-state index in [0.717, 1.165) is 44.3 Å². The first-order valence-electron chi connectivity index (χ1n) is 11.1. The maximum Gasteiger partial charge on any atom is 0.252 e. The summed E-state index contributed by atoms with van der Waals surface area (Å²) in [4.78, 5) is 42.3. The van der Waals surface area contributed by atoms with Crippen LogP contribution in [-0.4, -0.2) is 58.9 Å². The number of piperazine rings is 1. The van der Waals surface area contributed by atoms with E-state index in [1.54, 1.807) is 0 Å². The number of carbonyl (C=O) groups excluding carboxylic acids is 2. The van der Waals surface area contributed by atoms with Crippen molar-refractivity contribution in [2.24, 2.45) is 0 Å². The van der Waals surface area contributed by atoms with Crippen LogP contribution in [0.3, 0.4) is 0 Å². The van der Waals surface area contributed by atoms with Crippen molar-refractivity contribution in [2.45, 2.75) is 44.3 Å². The molecule has 0 spiro atoms. The van der Waals surface area contributed by atoms with Gasteiger partial charge in [-0.2, -0.15) is 0 Å². The van der Waals surface area contributed by atoms with Crippen molar-refractivity contribution in [3.8, 4) is 0 Å². The summed E-state index contributed by atoms with van der Waals surface area (Å²) < 4.78 is 1.35. The van der Waals surface area contributed by atoms with Gasteiger partial charge in [0.15, 0.2) is 0 Å². The fourth-order valence-electron chi connectivity index (χ4n) is 4.54. The molecule has 1 aromatic heterocycles. The number of rotatable bonds is 5. The number of pyridine rings is 1. The molecule has 7 heteroatoms. The summed E-state index contributed by atoms with van der Waals surface area (Å²) >= 11 is 0. The van der Waals surface area contributed by atoms with E-state index in [1.807, 2.05) is 35.2 Å². The van der Waals surface area contributed by atoms with Crippen molar-refractivity contribution < 1.29 is 9.59 Å². The Morgan fingerprint density at radius 1 is 1.03 bits per heavy atom. The summed E-state index contributed by atoms with van der Waals surface area (Å²) in [5.74, 6) is -0.299. The van der Waals surface area contributed by atoms with Gasteiger partial charge in [0, 0.05) is 37.9 Å². The van der Waals surface area contributed by atoms with E-state index < -0.39 is 0 Å². The zero-order chi connectivity index (χ0) is 21.8. The molecule has 1 aliphatic carbocycles. The summed E-state index contributed by atoms with van der Waals surface area (Å²) in [7, 11) is 2.05. The van der Waals surface area contributed by atoms with Gasteiger partial charge in [-0.05, 0) is 31.5 Å². The van der Waals surface area contributed by atoms with Crippen LogP contribution in [0.15, 0.2) is 53.5 Å². The second-order valence-corrected chi connectivity index (χ2v) is 8.61. The molecule has 7 nitrogen and oxygen atoms in total. The van der Waals surface area contributed by atoms with Crippen LogP contribution in [0.25, 0.3) is 0 Å². The lowest BCUT2D eigenvalue weighted by molar-refractivity contribution is -0.136. The Bertz CT molecular complexity index is 982. The van der Waals surface area contributed by atoms with Gasteiger partial charge in [0.25, 0.3) is 11.5 Å². The fourth-order valence-corrected chi connectivity index (χ4v) is 4.54. The van der Waals surface area contributed by atoms with Crippen molar-refractivity contribution in [3.05, 3.63) is 70.1 Å². The number of benzene rings is 1. The molecule has 2 heterocycles. The van der Waals surface area contributed by atoms with Gasteiger partial charge in [-0.15, -0.1) is 0 Å². The predicted molar refractivity (Wildman–Crippen MR) is 119 cm³/mol. The van der Waals surface area contributed by atoms with E-state index in [1.165, 1.54) is 22.9 Å². The molecule has 2 fully saturated rings. The summed E-state index contributed by atoms with van der Waals surface area (Å²) in [5, 5.41) is 3.04. The second kappa shape index (κ2) is 9.47. The first-order valence-corrected chi connectivity index (χ1v) is 11.1. The first kappa shape index (κ1) is 21.3. The molecule has 1 atom stereocenters. The van der Waals surface area contributed by atoms with Crippen LogP contribution in [0.5, 0.6) is 0 Å². The molecule has 2 aliphatic rings. The van der Waals surface area contributed by atoms with Crippen LogP contribution in [0.4, 0.5) is 0 Å². The number of likely N-dealkylation sites (N-methyl/N-ethyl adjacent to an activating group) is 1. The van der Waals surface area contributed by atoms with Gasteiger partial charge >= 0.3 is 0 Å². The van der Waals surface area contributed by atoms with Crippen molar-refractivity contribution in [2.75, 3.05) is 26.7 Å². The number of carbonyl (C=O) groups is 2. The number of nitrogens with zero attached hydrogens (tertiary/aromatic N) is 3. The van der Waals surface area contributed by atoms with Gasteiger partial charge in [-0.1, -0.05) is 43.2 Å². The molecule has 1 saturated carbocycles. The van der Waals surface area contributed by atoms with Gasteiger partial charge in [-0.25, -0.2) is 0 Å². The summed E-state index contributed by atoms with van der Waals surface area (Å²) in [5.41, 5.74) is 1.22. The van der Waals surface area contributed by atoms with E-state index in [4.69, 9.17) is 0 Å². The fraction of sp³-hybridized carbons (Fsp3) is 0.458. The Labute approximate surface area is 182 Å². The highest BCUT2D eigenvalue weighted by atomic mass is 16.2. The minimum atomic E-state index is -0.281. The quantitative estimate of drug-likeness (QED) is 0.800. The highest BCUT2D eigenvalue weighted by Gasteiger charge is 2.30. The summed E-state index contributed by atoms with van der Waals surface area (Å²) in [6.07, 6.45) is 5.76. The van der Waals surface area contributed by atoms with Gasteiger partial charge in [0.1, 0.15) is 6.54 Å². The van der Waals surface area contributed by atoms with E-state index in [2.05, 4.69) is 17.3 Å². The molecule has 1 aromatic carbocycles. The third-order valence-electron chi connectivity index (χ3n) is 6.33. The van der Waals surface area contributed by atoms with Crippen LogP contribution in [0.1, 0.15) is 47.6 Å². The van der Waals surface area contributed by atoms with Crippen molar-refractivity contribution in [1.82, 2.24) is 19.7 Å². The Morgan fingerprint density at radius 3 is 2.52 bits per heavy atom. The lowest BCUT2D eigenvalue weighted by Crippen LogP contribution is -2.50. The Hall–Kier alpha value is -2.93. The average Bonchev–Trinajstić information content (AvgIpc) is 3.28. The van der Waals surface area contributed by atoms with Crippen LogP contribution < -0.4 is 10.9 Å². The maximum atomic E-state index is 13.2. The van der Waals surface area contributed by atoms with Gasteiger partial charge in [0.05, 0.1) is 11.6 Å². The number of amides is 2.